The molecule has 0 amide bonds. The van der Waals surface area contributed by atoms with Crippen molar-refractivity contribution >= 4 is 17.6 Å². The highest BCUT2D eigenvalue weighted by Gasteiger charge is 2.18. The number of benzene rings is 1. The topological polar surface area (TPSA) is 49.3 Å². The molecule has 1 rings (SSSR count). The summed E-state index contributed by atoms with van der Waals surface area (Å²) in [5.74, 6) is -0.867. The van der Waals surface area contributed by atoms with E-state index in [1.165, 1.54) is 6.07 Å². The normalized spacial score (nSPS) is 12.7. The lowest BCUT2D eigenvalue weighted by atomic mass is 9.95. The van der Waals surface area contributed by atoms with E-state index >= 15 is 0 Å². The Labute approximate surface area is 124 Å². The van der Waals surface area contributed by atoms with Gasteiger partial charge in [-0.25, -0.2) is 4.39 Å². The molecular formula is C15H21ClFNO2. The zero-order valence-electron chi connectivity index (χ0n) is 11.8. The van der Waals surface area contributed by atoms with Gasteiger partial charge in [-0.05, 0) is 37.4 Å². The molecule has 1 aromatic rings. The Morgan fingerprint density at radius 2 is 2.10 bits per heavy atom. The van der Waals surface area contributed by atoms with Gasteiger partial charge in [-0.3, -0.25) is 4.79 Å². The van der Waals surface area contributed by atoms with Crippen molar-refractivity contribution in [2.45, 2.75) is 39.2 Å². The summed E-state index contributed by atoms with van der Waals surface area (Å²) in [6, 6.07) is 4.60. The summed E-state index contributed by atoms with van der Waals surface area (Å²) >= 11 is 5.76. The Morgan fingerprint density at radius 3 is 2.65 bits per heavy atom. The fourth-order valence-corrected chi connectivity index (χ4v) is 2.28. The summed E-state index contributed by atoms with van der Waals surface area (Å²) in [7, 11) is 0. The maximum absolute atomic E-state index is 13.9. The second-order valence-electron chi connectivity index (χ2n) is 5.19. The molecule has 0 saturated carbocycles. The lowest BCUT2D eigenvalue weighted by Gasteiger charge is -2.23. The lowest BCUT2D eigenvalue weighted by Crippen LogP contribution is -2.27. The summed E-state index contributed by atoms with van der Waals surface area (Å²) in [5, 5.41) is 12.2. The Bertz CT molecular complexity index is 451. The van der Waals surface area contributed by atoms with E-state index in [0.29, 0.717) is 23.6 Å². The second-order valence-corrected chi connectivity index (χ2v) is 5.63. The molecule has 5 heteroatoms. The number of aliphatic carboxylic acids is 1. The van der Waals surface area contributed by atoms with Crippen LogP contribution in [0.5, 0.6) is 0 Å². The van der Waals surface area contributed by atoms with Crippen LogP contribution in [0, 0.1) is 11.7 Å². The number of carboxylic acids is 1. The molecule has 0 bridgehead atoms. The first-order valence-electron chi connectivity index (χ1n) is 6.82. The van der Waals surface area contributed by atoms with E-state index in [4.69, 9.17) is 16.7 Å². The van der Waals surface area contributed by atoms with Gasteiger partial charge in [-0.2, -0.15) is 0 Å². The molecule has 1 aromatic carbocycles. The lowest BCUT2D eigenvalue weighted by molar-refractivity contribution is -0.137. The molecule has 20 heavy (non-hydrogen) atoms. The monoisotopic (exact) mass is 301 g/mol. The average Bonchev–Trinajstić information content (AvgIpc) is 2.34. The van der Waals surface area contributed by atoms with Crippen molar-refractivity contribution in [2.75, 3.05) is 6.54 Å². The third kappa shape index (κ3) is 5.47. The molecule has 1 atom stereocenters. The van der Waals surface area contributed by atoms with Crippen LogP contribution in [0.2, 0.25) is 5.02 Å². The number of rotatable bonds is 8. The molecule has 0 aromatic heterocycles. The van der Waals surface area contributed by atoms with Crippen LogP contribution in [0.1, 0.15) is 44.7 Å². The van der Waals surface area contributed by atoms with E-state index in [0.717, 1.165) is 6.42 Å². The number of halogens is 2. The maximum Gasteiger partial charge on any atom is 0.303 e. The first kappa shape index (κ1) is 16.9. The fourth-order valence-electron chi connectivity index (χ4n) is 2.12. The van der Waals surface area contributed by atoms with Crippen molar-refractivity contribution in [3.05, 3.63) is 34.6 Å². The third-order valence-electron chi connectivity index (χ3n) is 3.15. The molecular weight excluding hydrogens is 281 g/mol. The van der Waals surface area contributed by atoms with Crippen molar-refractivity contribution in [3.63, 3.8) is 0 Å². The summed E-state index contributed by atoms with van der Waals surface area (Å²) < 4.78 is 13.9. The molecule has 0 fully saturated rings. The van der Waals surface area contributed by atoms with Crippen LogP contribution in [0.25, 0.3) is 0 Å². The fraction of sp³-hybridized carbons (Fsp3) is 0.533. The number of carbonyl (C=O) groups is 1. The van der Waals surface area contributed by atoms with Gasteiger partial charge >= 0.3 is 5.97 Å². The first-order chi connectivity index (χ1) is 9.41. The zero-order valence-corrected chi connectivity index (χ0v) is 12.6. The number of unbranched alkanes of at least 4 members (excludes halogenated alkanes) is 1. The van der Waals surface area contributed by atoms with Gasteiger partial charge in [-0.1, -0.05) is 31.5 Å². The Kier molecular flexibility index (Phi) is 6.96. The molecule has 0 aliphatic carbocycles. The molecule has 0 saturated heterocycles. The van der Waals surface area contributed by atoms with E-state index in [-0.39, 0.29) is 24.2 Å². The smallest absolute Gasteiger partial charge is 0.303 e. The standard InChI is InChI=1S/C15H21ClFNO2/c1-10(2)15(18-8-4-3-5-14(19)20)12-7-6-11(16)9-13(12)17/h6-7,9-10,15,18H,3-5,8H2,1-2H3,(H,19,20). The molecule has 0 heterocycles. The van der Waals surface area contributed by atoms with Crippen LogP contribution >= 0.6 is 11.6 Å². The molecule has 2 N–H and O–H groups in total. The average molecular weight is 302 g/mol. The molecule has 112 valence electrons. The summed E-state index contributed by atoms with van der Waals surface area (Å²) in [4.78, 5) is 10.4. The van der Waals surface area contributed by atoms with E-state index in [2.05, 4.69) is 5.32 Å². The maximum atomic E-state index is 13.9. The van der Waals surface area contributed by atoms with Crippen LogP contribution in [0.4, 0.5) is 4.39 Å². The van der Waals surface area contributed by atoms with Gasteiger partial charge in [0.15, 0.2) is 0 Å². The van der Waals surface area contributed by atoms with Crippen molar-refractivity contribution < 1.29 is 14.3 Å². The molecule has 0 spiro atoms. The van der Waals surface area contributed by atoms with Crippen molar-refractivity contribution in [1.82, 2.24) is 5.32 Å². The largest absolute Gasteiger partial charge is 0.481 e. The highest BCUT2D eigenvalue weighted by molar-refractivity contribution is 6.30. The van der Waals surface area contributed by atoms with Gasteiger partial charge in [0.2, 0.25) is 0 Å². The van der Waals surface area contributed by atoms with E-state index in [1.54, 1.807) is 12.1 Å². The molecule has 1 unspecified atom stereocenters. The van der Waals surface area contributed by atoms with Crippen LogP contribution in [0.15, 0.2) is 18.2 Å². The van der Waals surface area contributed by atoms with Gasteiger partial charge in [0, 0.05) is 23.0 Å². The predicted molar refractivity (Wildman–Crippen MR) is 78.5 cm³/mol. The molecule has 0 radical (unpaired) electrons. The van der Waals surface area contributed by atoms with E-state index in [1.807, 2.05) is 13.8 Å². The quantitative estimate of drug-likeness (QED) is 0.713. The minimum atomic E-state index is -0.783. The third-order valence-corrected chi connectivity index (χ3v) is 3.38. The Balaban J connectivity index is 2.58. The highest BCUT2D eigenvalue weighted by atomic mass is 35.5. The van der Waals surface area contributed by atoms with Crippen LogP contribution in [0.3, 0.4) is 0 Å². The summed E-state index contributed by atoms with van der Waals surface area (Å²) in [6.45, 7) is 4.70. The number of hydrogen-bond acceptors (Lipinski definition) is 2. The first-order valence-corrected chi connectivity index (χ1v) is 7.19. The van der Waals surface area contributed by atoms with Crippen molar-refractivity contribution in [3.8, 4) is 0 Å². The number of carboxylic acid groups (broad SMARTS) is 1. The van der Waals surface area contributed by atoms with Gasteiger partial charge in [0.1, 0.15) is 5.82 Å². The predicted octanol–water partition coefficient (Wildman–Crippen LogP) is 4.02. The van der Waals surface area contributed by atoms with Crippen LogP contribution in [-0.4, -0.2) is 17.6 Å². The second kappa shape index (κ2) is 8.22. The minimum Gasteiger partial charge on any atom is -0.481 e. The highest BCUT2D eigenvalue weighted by Crippen LogP contribution is 2.26. The minimum absolute atomic E-state index is 0.0999. The van der Waals surface area contributed by atoms with Gasteiger partial charge in [0.05, 0.1) is 0 Å². The van der Waals surface area contributed by atoms with Crippen LogP contribution < -0.4 is 5.32 Å². The number of hydrogen-bond donors (Lipinski definition) is 2. The summed E-state index contributed by atoms with van der Waals surface area (Å²) in [5.41, 5.74) is 0.600. The molecule has 0 aliphatic heterocycles. The molecule has 0 aliphatic rings. The van der Waals surface area contributed by atoms with E-state index in [9.17, 15) is 9.18 Å². The van der Waals surface area contributed by atoms with Gasteiger partial charge < -0.3 is 10.4 Å². The van der Waals surface area contributed by atoms with Crippen LogP contribution in [-0.2, 0) is 4.79 Å². The Morgan fingerprint density at radius 1 is 1.40 bits per heavy atom. The van der Waals surface area contributed by atoms with Crippen molar-refractivity contribution in [1.29, 1.82) is 0 Å². The van der Waals surface area contributed by atoms with Crippen molar-refractivity contribution in [2.24, 2.45) is 5.92 Å². The zero-order chi connectivity index (χ0) is 15.1. The van der Waals surface area contributed by atoms with E-state index < -0.39 is 5.97 Å². The van der Waals surface area contributed by atoms with Gasteiger partial charge in [-0.15, -0.1) is 0 Å². The molecule has 3 nitrogen and oxygen atoms in total. The Hall–Kier alpha value is -1.13. The van der Waals surface area contributed by atoms with Gasteiger partial charge in [0.25, 0.3) is 0 Å². The summed E-state index contributed by atoms with van der Waals surface area (Å²) in [6.07, 6.45) is 1.55. The SMILES string of the molecule is CC(C)C(NCCCCC(=O)O)c1ccc(Cl)cc1F. The number of nitrogens with one attached hydrogen (secondary N) is 1.